The molecule has 2 N–H and O–H groups in total. The molecule has 0 aliphatic rings. The summed E-state index contributed by atoms with van der Waals surface area (Å²) >= 11 is 0. The van der Waals surface area contributed by atoms with E-state index in [1.807, 2.05) is 42.5 Å². The average Bonchev–Trinajstić information content (AvgIpc) is 2.39. The zero-order chi connectivity index (χ0) is 12.1. The van der Waals surface area contributed by atoms with E-state index in [4.69, 9.17) is 5.73 Å². The molecule has 0 heterocycles. The van der Waals surface area contributed by atoms with Gasteiger partial charge in [0.2, 0.25) is 0 Å². The SMILES string of the molecule is NC[C@H](Cc1ccccc1F)c1ccccc1. The van der Waals surface area contributed by atoms with Crippen LogP contribution in [0, 0.1) is 5.82 Å². The van der Waals surface area contributed by atoms with Crippen LogP contribution in [0.4, 0.5) is 4.39 Å². The van der Waals surface area contributed by atoms with Crippen molar-refractivity contribution in [3.05, 3.63) is 71.5 Å². The zero-order valence-electron chi connectivity index (χ0n) is 9.64. The van der Waals surface area contributed by atoms with E-state index in [1.165, 1.54) is 11.6 Å². The predicted octanol–water partition coefficient (Wildman–Crippen LogP) is 3.11. The highest BCUT2D eigenvalue weighted by atomic mass is 19.1. The van der Waals surface area contributed by atoms with Gasteiger partial charge in [0.25, 0.3) is 0 Å². The average molecular weight is 229 g/mol. The van der Waals surface area contributed by atoms with Crippen molar-refractivity contribution in [1.29, 1.82) is 0 Å². The Labute approximate surface area is 101 Å². The molecule has 0 saturated carbocycles. The Hall–Kier alpha value is -1.67. The fourth-order valence-corrected chi connectivity index (χ4v) is 1.99. The second-order valence-electron chi connectivity index (χ2n) is 4.14. The number of rotatable bonds is 4. The molecule has 0 amide bonds. The molecule has 0 aliphatic carbocycles. The van der Waals surface area contributed by atoms with Crippen molar-refractivity contribution in [2.45, 2.75) is 12.3 Å². The molecular formula is C15H16FN. The topological polar surface area (TPSA) is 26.0 Å². The van der Waals surface area contributed by atoms with Gasteiger partial charge in [-0.25, -0.2) is 4.39 Å². The number of hydrogen-bond acceptors (Lipinski definition) is 1. The maximum absolute atomic E-state index is 13.6. The van der Waals surface area contributed by atoms with E-state index in [1.54, 1.807) is 6.07 Å². The quantitative estimate of drug-likeness (QED) is 0.856. The van der Waals surface area contributed by atoms with Crippen molar-refractivity contribution in [3.8, 4) is 0 Å². The molecule has 0 saturated heterocycles. The smallest absolute Gasteiger partial charge is 0.126 e. The molecule has 2 aromatic rings. The van der Waals surface area contributed by atoms with Gasteiger partial charge in [0, 0.05) is 5.92 Å². The fraction of sp³-hybridized carbons (Fsp3) is 0.200. The molecule has 2 rings (SSSR count). The third kappa shape index (κ3) is 2.92. The van der Waals surface area contributed by atoms with Crippen LogP contribution in [0.25, 0.3) is 0 Å². The molecular weight excluding hydrogens is 213 g/mol. The van der Waals surface area contributed by atoms with E-state index in [9.17, 15) is 4.39 Å². The molecule has 17 heavy (non-hydrogen) atoms. The third-order valence-corrected chi connectivity index (χ3v) is 2.98. The Bertz CT molecular complexity index is 467. The van der Waals surface area contributed by atoms with E-state index in [0.29, 0.717) is 13.0 Å². The molecule has 0 bridgehead atoms. The van der Waals surface area contributed by atoms with Crippen LogP contribution in [0.3, 0.4) is 0 Å². The van der Waals surface area contributed by atoms with Crippen LogP contribution >= 0.6 is 0 Å². The van der Waals surface area contributed by atoms with Crippen molar-refractivity contribution >= 4 is 0 Å². The van der Waals surface area contributed by atoms with Gasteiger partial charge in [0.15, 0.2) is 0 Å². The molecule has 88 valence electrons. The van der Waals surface area contributed by atoms with E-state index >= 15 is 0 Å². The molecule has 2 heteroatoms. The van der Waals surface area contributed by atoms with E-state index in [2.05, 4.69) is 0 Å². The summed E-state index contributed by atoms with van der Waals surface area (Å²) in [6.45, 7) is 0.526. The lowest BCUT2D eigenvalue weighted by Crippen LogP contribution is -2.15. The number of halogens is 1. The van der Waals surface area contributed by atoms with Crippen LogP contribution < -0.4 is 5.73 Å². The summed E-state index contributed by atoms with van der Waals surface area (Å²) in [5, 5.41) is 0. The summed E-state index contributed by atoms with van der Waals surface area (Å²) in [4.78, 5) is 0. The van der Waals surface area contributed by atoms with Gasteiger partial charge in [-0.05, 0) is 30.2 Å². The van der Waals surface area contributed by atoms with Crippen LogP contribution in [0.15, 0.2) is 54.6 Å². The lowest BCUT2D eigenvalue weighted by molar-refractivity contribution is 0.590. The molecule has 1 nitrogen and oxygen atoms in total. The van der Waals surface area contributed by atoms with Crippen molar-refractivity contribution in [3.63, 3.8) is 0 Å². The third-order valence-electron chi connectivity index (χ3n) is 2.98. The summed E-state index contributed by atoms with van der Waals surface area (Å²) in [6, 6.07) is 16.9. The molecule has 2 aromatic carbocycles. The van der Waals surface area contributed by atoms with Gasteiger partial charge in [0.05, 0.1) is 0 Å². The van der Waals surface area contributed by atoms with Gasteiger partial charge in [-0.15, -0.1) is 0 Å². The van der Waals surface area contributed by atoms with Crippen molar-refractivity contribution < 1.29 is 4.39 Å². The molecule has 0 unspecified atom stereocenters. The lowest BCUT2D eigenvalue weighted by Gasteiger charge is -2.15. The summed E-state index contributed by atoms with van der Waals surface area (Å²) < 4.78 is 13.6. The minimum absolute atomic E-state index is 0.151. The largest absolute Gasteiger partial charge is 0.330 e. The van der Waals surface area contributed by atoms with Crippen molar-refractivity contribution in [2.24, 2.45) is 5.73 Å². The molecule has 0 aliphatic heterocycles. The molecule has 0 radical (unpaired) electrons. The highest BCUT2D eigenvalue weighted by Gasteiger charge is 2.12. The molecule has 0 aromatic heterocycles. The summed E-state index contributed by atoms with van der Waals surface area (Å²) in [5.74, 6) is 0.0231. The van der Waals surface area contributed by atoms with Gasteiger partial charge in [-0.1, -0.05) is 48.5 Å². The number of benzene rings is 2. The number of hydrogen-bond donors (Lipinski definition) is 1. The maximum atomic E-state index is 13.6. The van der Waals surface area contributed by atoms with Crippen molar-refractivity contribution in [1.82, 2.24) is 0 Å². The first-order valence-corrected chi connectivity index (χ1v) is 5.79. The Kier molecular flexibility index (Phi) is 3.89. The molecule has 1 atom stereocenters. The van der Waals surface area contributed by atoms with Gasteiger partial charge in [0.1, 0.15) is 5.82 Å². The maximum Gasteiger partial charge on any atom is 0.126 e. The van der Waals surface area contributed by atoms with E-state index in [0.717, 1.165) is 5.56 Å². The second-order valence-corrected chi connectivity index (χ2v) is 4.14. The first kappa shape index (κ1) is 11.8. The minimum Gasteiger partial charge on any atom is -0.330 e. The normalized spacial score (nSPS) is 12.4. The van der Waals surface area contributed by atoms with Crippen LogP contribution in [0.1, 0.15) is 17.0 Å². The highest BCUT2D eigenvalue weighted by molar-refractivity contribution is 5.25. The van der Waals surface area contributed by atoms with Crippen molar-refractivity contribution in [2.75, 3.05) is 6.54 Å². The summed E-state index contributed by atoms with van der Waals surface area (Å²) in [7, 11) is 0. The minimum atomic E-state index is -0.151. The molecule has 0 fully saturated rings. The van der Waals surface area contributed by atoms with E-state index < -0.39 is 0 Å². The van der Waals surface area contributed by atoms with Gasteiger partial charge >= 0.3 is 0 Å². The monoisotopic (exact) mass is 229 g/mol. The van der Waals surface area contributed by atoms with Crippen LogP contribution in [0.2, 0.25) is 0 Å². The van der Waals surface area contributed by atoms with Crippen LogP contribution in [-0.2, 0) is 6.42 Å². The highest BCUT2D eigenvalue weighted by Crippen LogP contribution is 2.21. The van der Waals surface area contributed by atoms with Gasteiger partial charge in [-0.2, -0.15) is 0 Å². The van der Waals surface area contributed by atoms with E-state index in [-0.39, 0.29) is 11.7 Å². The Morgan fingerprint density at radius 2 is 1.59 bits per heavy atom. The first-order chi connectivity index (χ1) is 8.31. The Balaban J connectivity index is 2.19. The van der Waals surface area contributed by atoms with Crippen LogP contribution in [-0.4, -0.2) is 6.54 Å². The summed E-state index contributed by atoms with van der Waals surface area (Å²) in [6.07, 6.45) is 0.646. The standard InChI is InChI=1S/C15H16FN/c16-15-9-5-4-8-13(15)10-14(11-17)12-6-2-1-3-7-12/h1-9,14H,10-11,17H2/t14-/m0/s1. The fourth-order valence-electron chi connectivity index (χ4n) is 1.99. The predicted molar refractivity (Wildman–Crippen MR) is 68.3 cm³/mol. The lowest BCUT2D eigenvalue weighted by atomic mass is 9.92. The second kappa shape index (κ2) is 5.60. The van der Waals surface area contributed by atoms with Gasteiger partial charge < -0.3 is 5.73 Å². The zero-order valence-corrected chi connectivity index (χ0v) is 9.64. The molecule has 0 spiro atoms. The summed E-state index contributed by atoms with van der Waals surface area (Å²) in [5.41, 5.74) is 7.67. The Morgan fingerprint density at radius 3 is 2.24 bits per heavy atom. The van der Waals surface area contributed by atoms with Gasteiger partial charge in [-0.3, -0.25) is 0 Å². The first-order valence-electron chi connectivity index (χ1n) is 5.79. The number of nitrogens with two attached hydrogens (primary N) is 1. The Morgan fingerprint density at radius 1 is 0.941 bits per heavy atom. The van der Waals surface area contributed by atoms with Crippen LogP contribution in [0.5, 0.6) is 0 Å².